The molecule has 0 radical (unpaired) electrons. The van der Waals surface area contributed by atoms with Crippen LogP contribution < -0.4 is 5.56 Å². The van der Waals surface area contributed by atoms with E-state index in [-0.39, 0.29) is 16.5 Å². The fourth-order valence-corrected chi connectivity index (χ4v) is 4.16. The van der Waals surface area contributed by atoms with Crippen LogP contribution >= 0.6 is 11.6 Å². The maximum atomic E-state index is 14.0. The number of halogens is 2. The molecule has 31 heavy (non-hydrogen) atoms. The second-order valence-electron chi connectivity index (χ2n) is 8.92. The van der Waals surface area contributed by atoms with Gasteiger partial charge in [0.15, 0.2) is 5.82 Å². The average molecular weight is 447 g/mol. The third-order valence-electron chi connectivity index (χ3n) is 5.17. The number of amides is 1. The molecule has 4 rings (SSSR count). The molecule has 1 aliphatic rings. The first-order valence-corrected chi connectivity index (χ1v) is 10.5. The fourth-order valence-electron chi connectivity index (χ4n) is 3.94. The van der Waals surface area contributed by atoms with E-state index in [0.717, 1.165) is 0 Å². The Hall–Kier alpha value is -2.87. The molecule has 2 aromatic heterocycles. The molecule has 164 valence electrons. The Morgan fingerprint density at radius 2 is 2.03 bits per heavy atom. The fraction of sp³-hybridized carbons (Fsp3) is 0.409. The Morgan fingerprint density at radius 1 is 1.29 bits per heavy atom. The van der Waals surface area contributed by atoms with E-state index in [1.54, 1.807) is 44.0 Å². The second-order valence-corrected chi connectivity index (χ2v) is 9.33. The van der Waals surface area contributed by atoms with Gasteiger partial charge < -0.3 is 4.74 Å². The molecule has 0 spiro atoms. The lowest BCUT2D eigenvalue weighted by atomic mass is 10.1. The van der Waals surface area contributed by atoms with E-state index in [1.807, 2.05) is 6.92 Å². The number of benzene rings is 1. The van der Waals surface area contributed by atoms with Crippen LogP contribution in [0.2, 0.25) is 5.02 Å². The minimum Gasteiger partial charge on any atom is -0.444 e. The van der Waals surface area contributed by atoms with Crippen molar-refractivity contribution >= 4 is 23.2 Å². The first-order chi connectivity index (χ1) is 14.5. The van der Waals surface area contributed by atoms with Gasteiger partial charge in [0, 0.05) is 12.7 Å². The van der Waals surface area contributed by atoms with E-state index in [0.29, 0.717) is 24.5 Å². The second kappa shape index (κ2) is 7.67. The van der Waals surface area contributed by atoms with Crippen molar-refractivity contribution in [3.8, 4) is 5.69 Å². The number of ether oxygens (including phenoxy) is 1. The molecule has 9 heteroatoms. The molecule has 0 bridgehead atoms. The zero-order chi connectivity index (χ0) is 22.5. The van der Waals surface area contributed by atoms with Crippen molar-refractivity contribution in [3.63, 3.8) is 0 Å². The largest absolute Gasteiger partial charge is 0.444 e. The standard InChI is InChI=1S/C22H24ClFN4O3/c1-13-10-17(26(12-13)21(30)31-22(2,3)4)19-25-27-9-8-16(23)18(27)20(29)28(19)15-7-5-6-14(24)11-15/h5-9,11,13,17H,10,12H2,1-4H3/t13?,17-/m0/s1. The number of fused-ring (bicyclic) bond motifs is 1. The molecular weight excluding hydrogens is 423 g/mol. The van der Waals surface area contributed by atoms with Gasteiger partial charge in [-0.15, -0.1) is 0 Å². The molecule has 0 N–H and O–H groups in total. The van der Waals surface area contributed by atoms with Crippen LogP contribution in [0.5, 0.6) is 0 Å². The van der Waals surface area contributed by atoms with Gasteiger partial charge in [0.2, 0.25) is 0 Å². The van der Waals surface area contributed by atoms with Crippen molar-refractivity contribution in [2.75, 3.05) is 6.54 Å². The summed E-state index contributed by atoms with van der Waals surface area (Å²) in [6.45, 7) is 7.88. The minimum atomic E-state index is -0.666. The number of carbonyl (C=O) groups is 1. The van der Waals surface area contributed by atoms with E-state index in [4.69, 9.17) is 16.3 Å². The number of aromatic nitrogens is 3. The molecule has 3 heterocycles. The number of rotatable bonds is 2. The van der Waals surface area contributed by atoms with Gasteiger partial charge in [0.25, 0.3) is 5.56 Å². The van der Waals surface area contributed by atoms with Gasteiger partial charge in [-0.2, -0.15) is 5.10 Å². The van der Waals surface area contributed by atoms with Gasteiger partial charge in [-0.25, -0.2) is 13.7 Å². The van der Waals surface area contributed by atoms with Crippen molar-refractivity contribution < 1.29 is 13.9 Å². The highest BCUT2D eigenvalue weighted by Gasteiger charge is 2.40. The monoisotopic (exact) mass is 446 g/mol. The maximum Gasteiger partial charge on any atom is 0.410 e. The van der Waals surface area contributed by atoms with Gasteiger partial charge in [0.1, 0.15) is 16.9 Å². The van der Waals surface area contributed by atoms with Gasteiger partial charge in [-0.3, -0.25) is 14.3 Å². The van der Waals surface area contributed by atoms with Crippen molar-refractivity contribution in [1.82, 2.24) is 19.1 Å². The van der Waals surface area contributed by atoms with Crippen molar-refractivity contribution in [2.45, 2.75) is 45.8 Å². The third kappa shape index (κ3) is 4.04. The van der Waals surface area contributed by atoms with E-state index >= 15 is 0 Å². The Morgan fingerprint density at radius 3 is 2.71 bits per heavy atom. The van der Waals surface area contributed by atoms with E-state index in [1.165, 1.54) is 27.3 Å². The van der Waals surface area contributed by atoms with Crippen LogP contribution in [-0.4, -0.2) is 37.3 Å². The maximum absolute atomic E-state index is 14.0. The van der Waals surface area contributed by atoms with Gasteiger partial charge in [0.05, 0.1) is 16.8 Å². The number of carbonyl (C=O) groups excluding carboxylic acids is 1. The first kappa shape index (κ1) is 21.4. The predicted octanol–water partition coefficient (Wildman–Crippen LogP) is 4.60. The highest BCUT2D eigenvalue weighted by Crippen LogP contribution is 2.36. The smallest absolute Gasteiger partial charge is 0.410 e. The normalized spacial score (nSPS) is 19.2. The molecule has 1 unspecified atom stereocenters. The van der Waals surface area contributed by atoms with Crippen LogP contribution in [0.25, 0.3) is 11.2 Å². The summed E-state index contributed by atoms with van der Waals surface area (Å²) in [6.07, 6.45) is 1.70. The Balaban J connectivity index is 1.92. The Labute approximate surface area is 184 Å². The molecule has 1 aromatic carbocycles. The quantitative estimate of drug-likeness (QED) is 0.577. The number of hydrogen-bond acceptors (Lipinski definition) is 4. The molecule has 0 saturated carbocycles. The number of nitrogens with zero attached hydrogens (tertiary/aromatic N) is 4. The SMILES string of the molecule is CC1C[C@@H](c2nn3ccc(Cl)c3c(=O)n2-c2cccc(F)c2)N(C(=O)OC(C)(C)C)C1. The van der Waals surface area contributed by atoms with Crippen LogP contribution in [0.4, 0.5) is 9.18 Å². The van der Waals surface area contributed by atoms with Crippen LogP contribution in [0, 0.1) is 11.7 Å². The number of likely N-dealkylation sites (tertiary alicyclic amines) is 1. The lowest BCUT2D eigenvalue weighted by Gasteiger charge is -2.29. The van der Waals surface area contributed by atoms with Gasteiger partial charge >= 0.3 is 6.09 Å². The number of hydrogen-bond donors (Lipinski definition) is 0. The van der Waals surface area contributed by atoms with Crippen LogP contribution in [0.1, 0.15) is 46.0 Å². The van der Waals surface area contributed by atoms with Gasteiger partial charge in [-0.05, 0) is 57.4 Å². The highest BCUT2D eigenvalue weighted by molar-refractivity contribution is 6.33. The van der Waals surface area contributed by atoms with E-state index in [9.17, 15) is 14.0 Å². The summed E-state index contributed by atoms with van der Waals surface area (Å²) in [4.78, 5) is 28.0. The summed E-state index contributed by atoms with van der Waals surface area (Å²) >= 11 is 6.22. The molecule has 0 aliphatic carbocycles. The summed E-state index contributed by atoms with van der Waals surface area (Å²) in [7, 11) is 0. The zero-order valence-corrected chi connectivity index (χ0v) is 18.6. The zero-order valence-electron chi connectivity index (χ0n) is 17.8. The average Bonchev–Trinajstić information content (AvgIpc) is 3.23. The highest BCUT2D eigenvalue weighted by atomic mass is 35.5. The predicted molar refractivity (Wildman–Crippen MR) is 115 cm³/mol. The molecule has 2 atom stereocenters. The van der Waals surface area contributed by atoms with Crippen molar-refractivity contribution in [2.24, 2.45) is 5.92 Å². The van der Waals surface area contributed by atoms with Crippen LogP contribution in [0.15, 0.2) is 41.3 Å². The topological polar surface area (TPSA) is 68.8 Å². The summed E-state index contributed by atoms with van der Waals surface area (Å²) in [5, 5.41) is 4.88. The Bertz CT molecular complexity index is 1210. The van der Waals surface area contributed by atoms with Crippen LogP contribution in [0.3, 0.4) is 0 Å². The first-order valence-electron chi connectivity index (χ1n) is 10.1. The lowest BCUT2D eigenvalue weighted by Crippen LogP contribution is -2.39. The summed E-state index contributed by atoms with van der Waals surface area (Å²) < 4.78 is 22.4. The minimum absolute atomic E-state index is 0.166. The molecule has 1 fully saturated rings. The van der Waals surface area contributed by atoms with E-state index < -0.39 is 29.1 Å². The van der Waals surface area contributed by atoms with E-state index in [2.05, 4.69) is 5.10 Å². The molecule has 1 saturated heterocycles. The Kier molecular flexibility index (Phi) is 5.29. The molecule has 1 amide bonds. The summed E-state index contributed by atoms with van der Waals surface area (Å²) in [5.74, 6) is 0.00499. The molecule has 7 nitrogen and oxygen atoms in total. The molecular formula is C22H24ClFN4O3. The van der Waals surface area contributed by atoms with Crippen molar-refractivity contribution in [3.05, 3.63) is 63.5 Å². The third-order valence-corrected chi connectivity index (χ3v) is 5.47. The summed E-state index contributed by atoms with van der Waals surface area (Å²) in [5.41, 5.74) is -0.601. The van der Waals surface area contributed by atoms with Gasteiger partial charge in [-0.1, -0.05) is 24.6 Å². The van der Waals surface area contributed by atoms with Crippen LogP contribution in [-0.2, 0) is 4.74 Å². The van der Waals surface area contributed by atoms with Crippen molar-refractivity contribution in [1.29, 1.82) is 0 Å². The lowest BCUT2D eigenvalue weighted by molar-refractivity contribution is 0.0211. The molecule has 1 aliphatic heterocycles. The molecule has 3 aromatic rings. The summed E-state index contributed by atoms with van der Waals surface area (Å²) in [6, 6.07) is 6.76.